The standard InChI is InChI=1S/C23H31N2O/c1-3-23(26)24(21-12-8-5-9-13-21)22-15-18-25(2,19-16-22)17-14-20-10-6-4-7-11-20/h4-13,22H,3,14-19H2,1-2H3/q+1. The SMILES string of the molecule is CCC(=O)N(c1ccccc1)C1CC[N+](C)(CCc2ccccc2)CC1. The lowest BCUT2D eigenvalue weighted by atomic mass is 9.99. The van der Waals surface area contributed by atoms with Crippen LogP contribution in [0.4, 0.5) is 5.69 Å². The van der Waals surface area contributed by atoms with Gasteiger partial charge in [0.15, 0.2) is 0 Å². The summed E-state index contributed by atoms with van der Waals surface area (Å²) in [5.41, 5.74) is 2.46. The van der Waals surface area contributed by atoms with Gasteiger partial charge in [-0.3, -0.25) is 4.79 Å². The van der Waals surface area contributed by atoms with Gasteiger partial charge in [0.05, 0.1) is 26.7 Å². The summed E-state index contributed by atoms with van der Waals surface area (Å²) in [6, 6.07) is 21.3. The lowest BCUT2D eigenvalue weighted by Crippen LogP contribution is -2.56. The molecule has 1 aliphatic rings. The largest absolute Gasteiger partial charge is 0.326 e. The van der Waals surface area contributed by atoms with Crippen LogP contribution in [0.25, 0.3) is 0 Å². The van der Waals surface area contributed by atoms with Crippen LogP contribution >= 0.6 is 0 Å². The number of carbonyl (C=O) groups is 1. The van der Waals surface area contributed by atoms with Crippen molar-refractivity contribution in [3.05, 3.63) is 66.2 Å². The van der Waals surface area contributed by atoms with E-state index in [1.165, 1.54) is 12.1 Å². The molecule has 3 rings (SSSR count). The Balaban J connectivity index is 1.63. The maximum Gasteiger partial charge on any atom is 0.226 e. The maximum atomic E-state index is 12.6. The van der Waals surface area contributed by atoms with Crippen LogP contribution in [0.15, 0.2) is 60.7 Å². The van der Waals surface area contributed by atoms with Gasteiger partial charge in [0, 0.05) is 37.4 Å². The summed E-state index contributed by atoms with van der Waals surface area (Å²) in [5, 5.41) is 0. The first kappa shape index (κ1) is 18.7. The van der Waals surface area contributed by atoms with Gasteiger partial charge in [0.1, 0.15) is 0 Å². The van der Waals surface area contributed by atoms with Crippen LogP contribution in [0, 0.1) is 0 Å². The monoisotopic (exact) mass is 351 g/mol. The summed E-state index contributed by atoms with van der Waals surface area (Å²) < 4.78 is 1.11. The first-order chi connectivity index (χ1) is 12.6. The number of likely N-dealkylation sites (N-methyl/N-ethyl adjacent to an activating group) is 1. The fourth-order valence-electron chi connectivity index (χ4n) is 4.02. The van der Waals surface area contributed by atoms with Crippen molar-refractivity contribution < 1.29 is 9.28 Å². The van der Waals surface area contributed by atoms with Crippen molar-refractivity contribution in [2.75, 3.05) is 31.6 Å². The quantitative estimate of drug-likeness (QED) is 0.711. The van der Waals surface area contributed by atoms with Crippen LogP contribution in [0.5, 0.6) is 0 Å². The van der Waals surface area contributed by atoms with Gasteiger partial charge in [-0.05, 0) is 17.7 Å². The molecule has 138 valence electrons. The molecule has 26 heavy (non-hydrogen) atoms. The average Bonchev–Trinajstić information content (AvgIpc) is 2.70. The molecule has 0 atom stereocenters. The molecule has 0 N–H and O–H groups in total. The third-order valence-corrected chi connectivity index (χ3v) is 5.76. The van der Waals surface area contributed by atoms with Gasteiger partial charge in [-0.25, -0.2) is 0 Å². The number of piperidine rings is 1. The molecule has 0 unspecified atom stereocenters. The van der Waals surface area contributed by atoms with E-state index < -0.39 is 0 Å². The molecule has 2 aromatic carbocycles. The Morgan fingerprint density at radius 2 is 1.58 bits per heavy atom. The second-order valence-corrected chi connectivity index (χ2v) is 7.71. The Bertz CT molecular complexity index is 691. The summed E-state index contributed by atoms with van der Waals surface area (Å²) in [5.74, 6) is 0.238. The number of rotatable bonds is 6. The minimum atomic E-state index is 0.238. The number of hydrogen-bond acceptors (Lipinski definition) is 1. The van der Waals surface area contributed by atoms with Crippen molar-refractivity contribution in [3.8, 4) is 0 Å². The fraction of sp³-hybridized carbons (Fsp3) is 0.435. The van der Waals surface area contributed by atoms with Gasteiger partial charge in [0.2, 0.25) is 5.91 Å². The Labute approximate surface area is 157 Å². The van der Waals surface area contributed by atoms with Crippen molar-refractivity contribution in [3.63, 3.8) is 0 Å². The van der Waals surface area contributed by atoms with Crippen LogP contribution in [-0.4, -0.2) is 43.1 Å². The van der Waals surface area contributed by atoms with Crippen LogP contribution in [0.3, 0.4) is 0 Å². The topological polar surface area (TPSA) is 20.3 Å². The number of benzene rings is 2. The molecule has 1 fully saturated rings. The molecular formula is C23H31N2O+. The predicted molar refractivity (Wildman–Crippen MR) is 108 cm³/mol. The van der Waals surface area contributed by atoms with E-state index >= 15 is 0 Å². The number of quaternary nitrogens is 1. The van der Waals surface area contributed by atoms with Gasteiger partial charge in [-0.2, -0.15) is 0 Å². The van der Waals surface area contributed by atoms with Crippen molar-refractivity contribution in [2.45, 2.75) is 38.6 Å². The van der Waals surface area contributed by atoms with Gasteiger partial charge in [-0.15, -0.1) is 0 Å². The van der Waals surface area contributed by atoms with Crippen LogP contribution < -0.4 is 4.90 Å². The summed E-state index contributed by atoms with van der Waals surface area (Å²) in [4.78, 5) is 14.7. The van der Waals surface area contributed by atoms with E-state index in [1.54, 1.807) is 0 Å². The molecule has 1 amide bonds. The molecule has 0 bridgehead atoms. The van der Waals surface area contributed by atoms with Gasteiger partial charge in [0.25, 0.3) is 0 Å². The second-order valence-electron chi connectivity index (χ2n) is 7.71. The lowest BCUT2D eigenvalue weighted by molar-refractivity contribution is -0.914. The van der Waals surface area contributed by atoms with E-state index in [0.717, 1.165) is 42.5 Å². The molecule has 1 heterocycles. The average molecular weight is 352 g/mol. The lowest BCUT2D eigenvalue weighted by Gasteiger charge is -2.44. The minimum absolute atomic E-state index is 0.238. The smallest absolute Gasteiger partial charge is 0.226 e. The number of para-hydroxylation sites is 1. The van der Waals surface area contributed by atoms with Gasteiger partial charge in [-0.1, -0.05) is 55.5 Å². The van der Waals surface area contributed by atoms with Crippen molar-refractivity contribution in [2.24, 2.45) is 0 Å². The number of likely N-dealkylation sites (tertiary alicyclic amines) is 1. The highest BCUT2D eigenvalue weighted by molar-refractivity contribution is 5.93. The first-order valence-corrected chi connectivity index (χ1v) is 9.86. The molecule has 1 aliphatic heterocycles. The molecular weight excluding hydrogens is 320 g/mol. The van der Waals surface area contributed by atoms with Crippen LogP contribution in [0.2, 0.25) is 0 Å². The summed E-state index contributed by atoms with van der Waals surface area (Å²) in [7, 11) is 2.37. The number of carbonyl (C=O) groups excluding carboxylic acids is 1. The van der Waals surface area contributed by atoms with E-state index in [2.05, 4.69) is 54.4 Å². The molecule has 3 nitrogen and oxygen atoms in total. The van der Waals surface area contributed by atoms with E-state index in [9.17, 15) is 4.79 Å². The number of nitrogens with zero attached hydrogens (tertiary/aromatic N) is 2. The molecule has 0 spiro atoms. The highest BCUT2D eigenvalue weighted by atomic mass is 16.2. The van der Waals surface area contributed by atoms with Crippen LogP contribution in [-0.2, 0) is 11.2 Å². The Hall–Kier alpha value is -2.13. The number of amides is 1. The molecule has 3 heteroatoms. The third-order valence-electron chi connectivity index (χ3n) is 5.76. The molecule has 0 radical (unpaired) electrons. The van der Waals surface area contributed by atoms with E-state index in [1.807, 2.05) is 25.1 Å². The molecule has 2 aromatic rings. The summed E-state index contributed by atoms with van der Waals surface area (Å²) in [6.45, 7) is 5.40. The molecule has 0 aromatic heterocycles. The molecule has 0 aliphatic carbocycles. The first-order valence-electron chi connectivity index (χ1n) is 9.86. The van der Waals surface area contributed by atoms with Gasteiger partial charge < -0.3 is 9.38 Å². The Morgan fingerprint density at radius 1 is 1.00 bits per heavy atom. The zero-order valence-corrected chi connectivity index (χ0v) is 16.1. The van der Waals surface area contributed by atoms with E-state index in [4.69, 9.17) is 0 Å². The Kier molecular flexibility index (Phi) is 6.10. The maximum absolute atomic E-state index is 12.6. The van der Waals surface area contributed by atoms with E-state index in [0.29, 0.717) is 12.5 Å². The zero-order chi connectivity index (χ0) is 18.4. The Morgan fingerprint density at radius 3 is 2.15 bits per heavy atom. The zero-order valence-electron chi connectivity index (χ0n) is 16.1. The molecule has 1 saturated heterocycles. The minimum Gasteiger partial charge on any atom is -0.326 e. The van der Waals surface area contributed by atoms with Crippen LogP contribution in [0.1, 0.15) is 31.7 Å². The second kappa shape index (κ2) is 8.50. The summed E-state index contributed by atoms with van der Waals surface area (Å²) >= 11 is 0. The van der Waals surface area contributed by atoms with Crippen molar-refractivity contribution >= 4 is 11.6 Å². The number of hydrogen-bond donors (Lipinski definition) is 0. The van der Waals surface area contributed by atoms with E-state index in [-0.39, 0.29) is 5.91 Å². The number of anilines is 1. The van der Waals surface area contributed by atoms with Crippen molar-refractivity contribution in [1.82, 2.24) is 0 Å². The highest BCUT2D eigenvalue weighted by Crippen LogP contribution is 2.27. The molecule has 0 saturated carbocycles. The van der Waals surface area contributed by atoms with Crippen molar-refractivity contribution in [1.29, 1.82) is 0 Å². The van der Waals surface area contributed by atoms with Gasteiger partial charge >= 0.3 is 0 Å². The predicted octanol–water partition coefficient (Wildman–Crippen LogP) is 4.28. The normalized spacial score (nSPS) is 22.8. The highest BCUT2D eigenvalue weighted by Gasteiger charge is 2.34. The third kappa shape index (κ3) is 4.53. The summed E-state index contributed by atoms with van der Waals surface area (Å²) in [6.07, 6.45) is 3.83. The fourth-order valence-corrected chi connectivity index (χ4v) is 4.02.